The van der Waals surface area contributed by atoms with Crippen molar-refractivity contribution >= 4 is 0 Å². The van der Waals surface area contributed by atoms with E-state index in [1.54, 1.807) is 7.11 Å². The molecule has 1 aliphatic rings. The van der Waals surface area contributed by atoms with Crippen molar-refractivity contribution in [3.63, 3.8) is 0 Å². The van der Waals surface area contributed by atoms with Gasteiger partial charge in [-0.15, -0.1) is 0 Å². The van der Waals surface area contributed by atoms with Crippen LogP contribution in [0.2, 0.25) is 0 Å². The maximum absolute atomic E-state index is 5.10. The highest BCUT2D eigenvalue weighted by atomic mass is 16.5. The van der Waals surface area contributed by atoms with Gasteiger partial charge in [0, 0.05) is 26.7 Å². The van der Waals surface area contributed by atoms with Crippen molar-refractivity contribution in [1.29, 1.82) is 0 Å². The zero-order chi connectivity index (χ0) is 14.8. The summed E-state index contributed by atoms with van der Waals surface area (Å²) in [5.41, 5.74) is 0. The van der Waals surface area contributed by atoms with Crippen LogP contribution in [0.25, 0.3) is 0 Å². The Hall–Kier alpha value is -0.160. The average Bonchev–Trinajstić information content (AvgIpc) is 2.42. The molecule has 0 bridgehead atoms. The quantitative estimate of drug-likeness (QED) is 0.780. The number of methoxy groups -OCH3 is 1. The van der Waals surface area contributed by atoms with E-state index < -0.39 is 0 Å². The van der Waals surface area contributed by atoms with E-state index in [9.17, 15) is 0 Å². The molecule has 0 aromatic carbocycles. The smallest absolute Gasteiger partial charge is 0.0594 e. The van der Waals surface area contributed by atoms with Crippen molar-refractivity contribution < 1.29 is 9.47 Å². The lowest BCUT2D eigenvalue weighted by atomic mass is 10.5. The molecule has 0 spiro atoms. The Balaban J connectivity index is -0.000000196. The van der Waals surface area contributed by atoms with Crippen molar-refractivity contribution in [3.05, 3.63) is 0 Å². The predicted molar refractivity (Wildman–Crippen MR) is 81.4 cm³/mol. The second kappa shape index (κ2) is 22.1. The molecule has 114 valence electrons. The number of likely N-dealkylation sites (N-methyl/N-ethyl adjacent to an activating group) is 2. The Morgan fingerprint density at radius 2 is 1.50 bits per heavy atom. The molecule has 0 N–H and O–H groups in total. The molecule has 0 amide bonds. The fourth-order valence-corrected chi connectivity index (χ4v) is 0.928. The lowest BCUT2D eigenvalue weighted by molar-refractivity contribution is 0.0503. The van der Waals surface area contributed by atoms with Crippen LogP contribution < -0.4 is 0 Å². The third-order valence-electron chi connectivity index (χ3n) is 1.98. The lowest BCUT2D eigenvalue weighted by Gasteiger charge is -2.21. The predicted octanol–water partition coefficient (Wildman–Crippen LogP) is 2.20. The average molecular weight is 264 g/mol. The summed E-state index contributed by atoms with van der Waals surface area (Å²) < 4.78 is 9.91. The van der Waals surface area contributed by atoms with Gasteiger partial charge in [0.1, 0.15) is 0 Å². The van der Waals surface area contributed by atoms with E-state index in [4.69, 9.17) is 9.47 Å². The molecule has 4 nitrogen and oxygen atoms in total. The molecule has 18 heavy (non-hydrogen) atoms. The fourth-order valence-electron chi connectivity index (χ4n) is 0.928. The molecular weight excluding hydrogens is 228 g/mol. The van der Waals surface area contributed by atoms with Gasteiger partial charge in [-0.25, -0.2) is 0 Å². The maximum atomic E-state index is 5.10. The SMILES string of the molecule is CC.CC.CN1CCOCC1.COCCN(C)C. The molecule has 0 saturated carbocycles. The number of morpholine rings is 1. The summed E-state index contributed by atoms with van der Waals surface area (Å²) in [6.45, 7) is 13.9. The van der Waals surface area contributed by atoms with E-state index in [0.29, 0.717) is 0 Å². The largest absolute Gasteiger partial charge is 0.383 e. The van der Waals surface area contributed by atoms with Crippen molar-refractivity contribution in [2.75, 3.05) is 67.7 Å². The number of hydrogen-bond acceptors (Lipinski definition) is 4. The van der Waals surface area contributed by atoms with Crippen LogP contribution in [0, 0.1) is 0 Å². The summed E-state index contributed by atoms with van der Waals surface area (Å²) in [4.78, 5) is 4.35. The van der Waals surface area contributed by atoms with Gasteiger partial charge in [0.25, 0.3) is 0 Å². The van der Waals surface area contributed by atoms with Crippen LogP contribution in [-0.4, -0.2) is 77.5 Å². The molecule has 1 saturated heterocycles. The third-order valence-corrected chi connectivity index (χ3v) is 1.98. The molecule has 0 aromatic rings. The van der Waals surface area contributed by atoms with E-state index in [0.717, 1.165) is 39.5 Å². The van der Waals surface area contributed by atoms with Crippen LogP contribution in [0.4, 0.5) is 0 Å². The topological polar surface area (TPSA) is 24.9 Å². The molecule has 0 aliphatic carbocycles. The van der Waals surface area contributed by atoms with Crippen molar-refractivity contribution in [2.24, 2.45) is 0 Å². The van der Waals surface area contributed by atoms with E-state index in [2.05, 4.69) is 16.8 Å². The monoisotopic (exact) mass is 264 g/mol. The van der Waals surface area contributed by atoms with Crippen molar-refractivity contribution in [1.82, 2.24) is 9.80 Å². The van der Waals surface area contributed by atoms with Gasteiger partial charge < -0.3 is 19.3 Å². The van der Waals surface area contributed by atoms with Gasteiger partial charge in [-0.05, 0) is 21.1 Å². The first-order chi connectivity index (χ1) is 8.66. The molecule has 4 heteroatoms. The Morgan fingerprint density at radius 3 is 1.67 bits per heavy atom. The minimum absolute atomic E-state index is 0.826. The van der Waals surface area contributed by atoms with Gasteiger partial charge in [-0.3, -0.25) is 0 Å². The van der Waals surface area contributed by atoms with Gasteiger partial charge in [-0.2, -0.15) is 0 Å². The zero-order valence-corrected chi connectivity index (χ0v) is 14.0. The Kier molecular flexibility index (Phi) is 28.2. The Labute approximate surface area is 115 Å². The molecule has 0 atom stereocenters. The highest BCUT2D eigenvalue weighted by Gasteiger charge is 2.02. The highest BCUT2D eigenvalue weighted by Crippen LogP contribution is 1.89. The third kappa shape index (κ3) is 24.9. The molecule has 0 aromatic heterocycles. The minimum Gasteiger partial charge on any atom is -0.383 e. The first-order valence-corrected chi connectivity index (χ1v) is 7.06. The normalized spacial score (nSPS) is 14.5. The van der Waals surface area contributed by atoms with E-state index in [1.807, 2.05) is 41.8 Å². The van der Waals surface area contributed by atoms with Gasteiger partial charge in [0.15, 0.2) is 0 Å². The Bertz CT molecular complexity index is 116. The molecule has 1 fully saturated rings. The summed E-state index contributed by atoms with van der Waals surface area (Å²) in [5.74, 6) is 0. The van der Waals surface area contributed by atoms with E-state index in [-0.39, 0.29) is 0 Å². The summed E-state index contributed by atoms with van der Waals surface area (Å²) in [7, 11) is 7.88. The second-order valence-corrected chi connectivity index (χ2v) is 3.71. The second-order valence-electron chi connectivity index (χ2n) is 3.71. The van der Waals surface area contributed by atoms with Crippen LogP contribution in [0.3, 0.4) is 0 Å². The summed E-state index contributed by atoms with van der Waals surface area (Å²) in [6.07, 6.45) is 0. The van der Waals surface area contributed by atoms with Gasteiger partial charge in [0.05, 0.1) is 19.8 Å². The first-order valence-electron chi connectivity index (χ1n) is 7.06. The minimum atomic E-state index is 0.826. The first kappa shape index (κ1) is 23.0. The standard InChI is InChI=1S/C5H11NO.C5H13NO.2C2H6/c1-6-2-4-7-5-3-6;1-6(2)4-5-7-3;2*1-2/h2-5H2,1H3;4-5H2,1-3H3;2*1-2H3. The van der Waals surface area contributed by atoms with E-state index in [1.165, 1.54) is 0 Å². The summed E-state index contributed by atoms with van der Waals surface area (Å²) in [6, 6.07) is 0. The molecule has 0 unspecified atom stereocenters. The van der Waals surface area contributed by atoms with E-state index >= 15 is 0 Å². The zero-order valence-electron chi connectivity index (χ0n) is 14.0. The van der Waals surface area contributed by atoms with Crippen LogP contribution in [0.5, 0.6) is 0 Å². The Morgan fingerprint density at radius 1 is 1.06 bits per heavy atom. The van der Waals surface area contributed by atoms with Gasteiger partial charge in [-0.1, -0.05) is 27.7 Å². The maximum Gasteiger partial charge on any atom is 0.0594 e. The van der Waals surface area contributed by atoms with Crippen molar-refractivity contribution in [2.45, 2.75) is 27.7 Å². The number of nitrogens with zero attached hydrogens (tertiary/aromatic N) is 2. The van der Waals surface area contributed by atoms with Crippen LogP contribution >= 0.6 is 0 Å². The molecular formula is C14H36N2O2. The fraction of sp³-hybridized carbons (Fsp3) is 1.00. The van der Waals surface area contributed by atoms with Gasteiger partial charge >= 0.3 is 0 Å². The van der Waals surface area contributed by atoms with Crippen molar-refractivity contribution in [3.8, 4) is 0 Å². The van der Waals surface area contributed by atoms with Crippen LogP contribution in [0.1, 0.15) is 27.7 Å². The number of ether oxygens (including phenoxy) is 2. The molecule has 1 rings (SSSR count). The summed E-state index contributed by atoms with van der Waals surface area (Å²) >= 11 is 0. The van der Waals surface area contributed by atoms with Crippen LogP contribution in [-0.2, 0) is 9.47 Å². The molecule has 1 heterocycles. The number of rotatable bonds is 3. The highest BCUT2D eigenvalue weighted by molar-refractivity contribution is 4.53. The lowest BCUT2D eigenvalue weighted by Crippen LogP contribution is -2.32. The van der Waals surface area contributed by atoms with Gasteiger partial charge in [0.2, 0.25) is 0 Å². The van der Waals surface area contributed by atoms with Crippen LogP contribution in [0.15, 0.2) is 0 Å². The number of hydrogen-bond donors (Lipinski definition) is 0. The summed E-state index contributed by atoms with van der Waals surface area (Å²) in [5, 5.41) is 0. The molecule has 1 aliphatic heterocycles. The molecule has 0 radical (unpaired) electrons.